The van der Waals surface area contributed by atoms with Crippen LogP contribution in [0.1, 0.15) is 17.2 Å². The number of aliphatic carboxylic acids is 2. The molecule has 3 rings (SSSR count). The zero-order valence-corrected chi connectivity index (χ0v) is 17.9. The zero-order valence-electron chi connectivity index (χ0n) is 17.1. The first-order chi connectivity index (χ1) is 14.8. The molecule has 9 heteroatoms. The number of hydrogen-bond acceptors (Lipinski definition) is 6. The molecule has 1 unspecified atom stereocenters. The highest BCUT2D eigenvalue weighted by molar-refractivity contribution is 6.32. The summed E-state index contributed by atoms with van der Waals surface area (Å²) in [7, 11) is 3.29. The number of fused-ring (bicyclic) bond motifs is 1. The average Bonchev–Trinajstić information content (AvgIpc) is 2.95. The van der Waals surface area contributed by atoms with Crippen LogP contribution in [0.15, 0.2) is 48.6 Å². The first-order valence-electron chi connectivity index (χ1n) is 9.36. The summed E-state index contributed by atoms with van der Waals surface area (Å²) in [5, 5.41) is 19.6. The van der Waals surface area contributed by atoms with Crippen LogP contribution < -0.4 is 19.5 Å². The van der Waals surface area contributed by atoms with E-state index in [9.17, 15) is 9.59 Å². The molecule has 1 aliphatic heterocycles. The van der Waals surface area contributed by atoms with Crippen molar-refractivity contribution in [2.45, 2.75) is 12.5 Å². The standard InChI is InChI=1S/C18H20ClNO3.C4H4O4/c1-21-16-9-12-7-8-20-11-18(13(12)10-17(16)22-2)23-15-6-4-3-5-14(15)19;5-3(6)1-2-4(7)8/h3-6,9-10,18,20H,7-8,11H2,1-2H3;1-2H,(H,5,6)(H,7,8)/b;2-1-. The van der Waals surface area contributed by atoms with Gasteiger partial charge in [-0.05, 0) is 42.8 Å². The highest BCUT2D eigenvalue weighted by atomic mass is 35.5. The molecule has 3 N–H and O–H groups in total. The van der Waals surface area contributed by atoms with Crippen LogP contribution in [-0.4, -0.2) is 49.5 Å². The Kier molecular flexibility index (Phi) is 9.17. The normalized spacial score (nSPS) is 15.1. The molecule has 2 aromatic carbocycles. The van der Waals surface area contributed by atoms with Gasteiger partial charge in [-0.15, -0.1) is 0 Å². The molecule has 0 saturated carbocycles. The second-order valence-electron chi connectivity index (χ2n) is 6.41. The van der Waals surface area contributed by atoms with Gasteiger partial charge >= 0.3 is 11.9 Å². The largest absolute Gasteiger partial charge is 0.493 e. The van der Waals surface area contributed by atoms with Gasteiger partial charge in [-0.1, -0.05) is 23.7 Å². The smallest absolute Gasteiger partial charge is 0.328 e. The number of methoxy groups -OCH3 is 2. The van der Waals surface area contributed by atoms with E-state index < -0.39 is 11.9 Å². The second-order valence-corrected chi connectivity index (χ2v) is 6.81. The van der Waals surface area contributed by atoms with Crippen LogP contribution >= 0.6 is 11.6 Å². The lowest BCUT2D eigenvalue weighted by Gasteiger charge is -2.22. The third-order valence-electron chi connectivity index (χ3n) is 4.37. The van der Waals surface area contributed by atoms with Crippen molar-refractivity contribution in [1.29, 1.82) is 0 Å². The van der Waals surface area contributed by atoms with Crippen molar-refractivity contribution >= 4 is 23.5 Å². The van der Waals surface area contributed by atoms with E-state index in [4.69, 9.17) is 36.0 Å². The summed E-state index contributed by atoms with van der Waals surface area (Å²) in [6.07, 6.45) is 1.90. The number of halogens is 1. The summed E-state index contributed by atoms with van der Waals surface area (Å²) in [6.45, 7) is 1.61. The minimum absolute atomic E-state index is 0.132. The lowest BCUT2D eigenvalue weighted by molar-refractivity contribution is -0.134. The van der Waals surface area contributed by atoms with Crippen molar-refractivity contribution in [3.8, 4) is 17.2 Å². The quantitative estimate of drug-likeness (QED) is 0.575. The Bertz CT molecular complexity index is 929. The van der Waals surface area contributed by atoms with E-state index in [1.807, 2.05) is 36.4 Å². The Morgan fingerprint density at radius 1 is 1.03 bits per heavy atom. The molecule has 166 valence electrons. The van der Waals surface area contributed by atoms with E-state index in [2.05, 4.69) is 5.32 Å². The molecule has 1 atom stereocenters. The molecule has 31 heavy (non-hydrogen) atoms. The Hall–Kier alpha value is -3.23. The molecule has 0 aromatic heterocycles. The van der Waals surface area contributed by atoms with Crippen molar-refractivity contribution in [2.75, 3.05) is 27.3 Å². The summed E-state index contributed by atoms with van der Waals surface area (Å²) in [5.41, 5.74) is 2.30. The molecule has 0 aliphatic carbocycles. The van der Waals surface area contributed by atoms with Gasteiger partial charge in [-0.2, -0.15) is 0 Å². The van der Waals surface area contributed by atoms with E-state index in [1.54, 1.807) is 14.2 Å². The van der Waals surface area contributed by atoms with Crippen molar-refractivity contribution in [3.05, 3.63) is 64.7 Å². The predicted octanol–water partition coefficient (Wildman–Crippen LogP) is 3.33. The van der Waals surface area contributed by atoms with E-state index >= 15 is 0 Å². The Morgan fingerprint density at radius 2 is 1.65 bits per heavy atom. The molecular weight excluding hydrogens is 426 g/mol. The summed E-state index contributed by atoms with van der Waals surface area (Å²) in [6, 6.07) is 11.6. The lowest BCUT2D eigenvalue weighted by Crippen LogP contribution is -2.23. The Balaban J connectivity index is 0.000000366. The molecule has 2 aromatic rings. The molecule has 8 nitrogen and oxygen atoms in total. The van der Waals surface area contributed by atoms with E-state index in [0.717, 1.165) is 24.3 Å². The molecule has 0 bridgehead atoms. The fraction of sp³-hybridized carbons (Fsp3) is 0.273. The summed E-state index contributed by atoms with van der Waals surface area (Å²) in [5.74, 6) is -0.381. The maximum absolute atomic E-state index is 9.55. The van der Waals surface area contributed by atoms with Crippen LogP contribution in [0, 0.1) is 0 Å². The minimum atomic E-state index is -1.26. The third kappa shape index (κ3) is 7.20. The number of para-hydroxylation sites is 1. The van der Waals surface area contributed by atoms with Gasteiger partial charge < -0.3 is 29.7 Å². The fourth-order valence-corrected chi connectivity index (χ4v) is 3.14. The number of carbonyl (C=O) groups is 2. The number of hydrogen-bond donors (Lipinski definition) is 3. The van der Waals surface area contributed by atoms with Crippen LogP contribution in [0.3, 0.4) is 0 Å². The van der Waals surface area contributed by atoms with Gasteiger partial charge in [0.05, 0.1) is 19.2 Å². The number of benzene rings is 2. The zero-order chi connectivity index (χ0) is 22.8. The Labute approximate surface area is 185 Å². The van der Waals surface area contributed by atoms with Crippen LogP contribution in [0.4, 0.5) is 0 Å². The Morgan fingerprint density at radius 3 is 2.23 bits per heavy atom. The maximum atomic E-state index is 9.55. The van der Waals surface area contributed by atoms with Crippen molar-refractivity contribution in [3.63, 3.8) is 0 Å². The molecule has 1 heterocycles. The van der Waals surface area contributed by atoms with Gasteiger partial charge in [0.15, 0.2) is 11.5 Å². The summed E-state index contributed by atoms with van der Waals surface area (Å²) < 4.78 is 17.0. The number of carboxylic acids is 2. The minimum Gasteiger partial charge on any atom is -0.493 e. The van der Waals surface area contributed by atoms with Crippen LogP contribution in [-0.2, 0) is 16.0 Å². The van der Waals surface area contributed by atoms with E-state index in [-0.39, 0.29) is 6.10 Å². The number of carboxylic acid groups (broad SMARTS) is 2. The highest BCUT2D eigenvalue weighted by Crippen LogP contribution is 2.37. The topological polar surface area (TPSA) is 114 Å². The predicted molar refractivity (Wildman–Crippen MR) is 115 cm³/mol. The number of nitrogens with one attached hydrogen (secondary N) is 1. The van der Waals surface area contributed by atoms with Gasteiger partial charge in [0, 0.05) is 24.3 Å². The van der Waals surface area contributed by atoms with Gasteiger partial charge in [0.25, 0.3) is 0 Å². The monoisotopic (exact) mass is 449 g/mol. The number of ether oxygens (including phenoxy) is 3. The van der Waals surface area contributed by atoms with Gasteiger partial charge in [0.1, 0.15) is 11.9 Å². The molecule has 0 fully saturated rings. The van der Waals surface area contributed by atoms with E-state index in [1.165, 1.54) is 5.56 Å². The second kappa shape index (κ2) is 11.8. The number of rotatable bonds is 6. The fourth-order valence-electron chi connectivity index (χ4n) is 2.96. The van der Waals surface area contributed by atoms with Crippen LogP contribution in [0.25, 0.3) is 0 Å². The molecule has 0 amide bonds. The summed E-state index contributed by atoms with van der Waals surface area (Å²) >= 11 is 6.23. The van der Waals surface area contributed by atoms with Crippen LogP contribution in [0.5, 0.6) is 17.2 Å². The molecule has 0 saturated heterocycles. The van der Waals surface area contributed by atoms with Crippen molar-refractivity contribution in [2.24, 2.45) is 0 Å². The average molecular weight is 450 g/mol. The van der Waals surface area contributed by atoms with E-state index in [0.29, 0.717) is 35.2 Å². The van der Waals surface area contributed by atoms with Gasteiger partial charge in [-0.3, -0.25) is 0 Å². The summed E-state index contributed by atoms with van der Waals surface area (Å²) in [4.78, 5) is 19.1. The third-order valence-corrected chi connectivity index (χ3v) is 4.68. The molecule has 0 spiro atoms. The van der Waals surface area contributed by atoms with Crippen LogP contribution in [0.2, 0.25) is 5.02 Å². The van der Waals surface area contributed by atoms with Crippen molar-refractivity contribution < 1.29 is 34.0 Å². The molecular formula is C22H24ClNO7. The van der Waals surface area contributed by atoms with Crippen molar-refractivity contribution in [1.82, 2.24) is 5.32 Å². The first-order valence-corrected chi connectivity index (χ1v) is 9.74. The molecule has 1 aliphatic rings. The molecule has 0 radical (unpaired) electrons. The highest BCUT2D eigenvalue weighted by Gasteiger charge is 2.23. The van der Waals surface area contributed by atoms with Gasteiger partial charge in [-0.25, -0.2) is 9.59 Å². The van der Waals surface area contributed by atoms with Gasteiger partial charge in [0.2, 0.25) is 0 Å². The maximum Gasteiger partial charge on any atom is 0.328 e. The SMILES string of the molecule is COc1cc2c(cc1OC)C(Oc1ccccc1Cl)CNCC2.O=C(O)/C=C\C(=O)O. The lowest BCUT2D eigenvalue weighted by atomic mass is 10.00. The first kappa shape index (κ1) is 24.0.